The predicted molar refractivity (Wildman–Crippen MR) is 83.5 cm³/mol. The summed E-state index contributed by atoms with van der Waals surface area (Å²) in [6.07, 6.45) is 3.67. The number of hydrogen-bond donors (Lipinski definition) is 1. The van der Waals surface area contributed by atoms with Crippen molar-refractivity contribution in [2.24, 2.45) is 0 Å². The molecule has 1 aliphatic heterocycles. The number of nitrogens with one attached hydrogen (secondary N) is 1. The first-order valence-electron chi connectivity index (χ1n) is 7.72. The molecule has 0 spiro atoms. The van der Waals surface area contributed by atoms with E-state index < -0.39 is 0 Å². The van der Waals surface area contributed by atoms with Crippen LogP contribution in [0.5, 0.6) is 0 Å². The molecule has 4 heteroatoms. The molecular formula is C17H24N2O2. The van der Waals surface area contributed by atoms with E-state index in [4.69, 9.17) is 0 Å². The molecule has 0 aliphatic carbocycles. The Morgan fingerprint density at radius 1 is 1.24 bits per heavy atom. The van der Waals surface area contributed by atoms with Crippen molar-refractivity contribution in [3.8, 4) is 0 Å². The fourth-order valence-corrected chi connectivity index (χ4v) is 2.67. The number of likely N-dealkylation sites (tertiary alicyclic amines) is 1. The van der Waals surface area contributed by atoms with E-state index in [1.807, 2.05) is 36.1 Å². The summed E-state index contributed by atoms with van der Waals surface area (Å²) < 4.78 is 0. The second-order valence-corrected chi connectivity index (χ2v) is 5.81. The number of ketones is 1. The maximum atomic E-state index is 12.1. The summed E-state index contributed by atoms with van der Waals surface area (Å²) in [6, 6.07) is 7.80. The van der Waals surface area contributed by atoms with E-state index in [-0.39, 0.29) is 11.8 Å². The van der Waals surface area contributed by atoms with E-state index in [9.17, 15) is 9.59 Å². The van der Waals surface area contributed by atoms with Crippen molar-refractivity contribution < 1.29 is 9.59 Å². The van der Waals surface area contributed by atoms with Crippen LogP contribution in [0.1, 0.15) is 48.5 Å². The van der Waals surface area contributed by atoms with Gasteiger partial charge in [-0.05, 0) is 33.1 Å². The SMILES string of the molecule is Cc1ccc(C(=O)CCNC(=O)N2CCCCC2C)cc1. The van der Waals surface area contributed by atoms with Gasteiger partial charge in [0.05, 0.1) is 0 Å². The lowest BCUT2D eigenvalue weighted by atomic mass is 10.0. The quantitative estimate of drug-likeness (QED) is 0.865. The van der Waals surface area contributed by atoms with Gasteiger partial charge in [0.1, 0.15) is 0 Å². The predicted octanol–water partition coefficient (Wildman–Crippen LogP) is 3.15. The zero-order valence-corrected chi connectivity index (χ0v) is 12.9. The van der Waals surface area contributed by atoms with Crippen molar-refractivity contribution in [2.45, 2.75) is 45.6 Å². The van der Waals surface area contributed by atoms with Gasteiger partial charge in [0.15, 0.2) is 5.78 Å². The number of Topliss-reactive ketones (excluding diaryl/α,β-unsaturated/α-hetero) is 1. The number of nitrogens with zero attached hydrogens (tertiary/aromatic N) is 1. The van der Waals surface area contributed by atoms with E-state index >= 15 is 0 Å². The first-order chi connectivity index (χ1) is 10.1. The molecule has 21 heavy (non-hydrogen) atoms. The van der Waals surface area contributed by atoms with Crippen LogP contribution < -0.4 is 5.32 Å². The van der Waals surface area contributed by atoms with Crippen LogP contribution in [0.2, 0.25) is 0 Å². The second-order valence-electron chi connectivity index (χ2n) is 5.81. The van der Waals surface area contributed by atoms with Crippen LogP contribution in [0.4, 0.5) is 4.79 Å². The molecule has 114 valence electrons. The molecule has 1 aromatic rings. The molecule has 0 radical (unpaired) electrons. The maximum Gasteiger partial charge on any atom is 0.317 e. The van der Waals surface area contributed by atoms with Gasteiger partial charge in [-0.1, -0.05) is 29.8 Å². The van der Waals surface area contributed by atoms with Crippen molar-refractivity contribution in [3.63, 3.8) is 0 Å². The van der Waals surface area contributed by atoms with Crippen molar-refractivity contribution >= 4 is 11.8 Å². The number of hydrogen-bond acceptors (Lipinski definition) is 2. The van der Waals surface area contributed by atoms with Gasteiger partial charge in [0, 0.05) is 31.1 Å². The Hall–Kier alpha value is -1.84. The Bertz CT molecular complexity index is 496. The van der Waals surface area contributed by atoms with E-state index in [1.165, 1.54) is 6.42 Å². The van der Waals surface area contributed by atoms with Gasteiger partial charge >= 0.3 is 6.03 Å². The van der Waals surface area contributed by atoms with Gasteiger partial charge in [0.25, 0.3) is 0 Å². The van der Waals surface area contributed by atoms with Crippen LogP contribution >= 0.6 is 0 Å². The monoisotopic (exact) mass is 288 g/mol. The summed E-state index contributed by atoms with van der Waals surface area (Å²) in [5.41, 5.74) is 1.85. The molecule has 1 saturated heterocycles. The summed E-state index contributed by atoms with van der Waals surface area (Å²) in [4.78, 5) is 26.0. The maximum absolute atomic E-state index is 12.1. The zero-order chi connectivity index (χ0) is 15.2. The number of aryl methyl sites for hydroxylation is 1. The standard InChI is InChI=1S/C17H24N2O2/c1-13-6-8-15(9-7-13)16(20)10-11-18-17(21)19-12-4-3-5-14(19)2/h6-9,14H,3-5,10-12H2,1-2H3,(H,18,21). The fourth-order valence-electron chi connectivity index (χ4n) is 2.67. The molecule has 0 aromatic heterocycles. The van der Waals surface area contributed by atoms with Crippen molar-refractivity contribution in [2.75, 3.05) is 13.1 Å². The highest BCUT2D eigenvalue weighted by molar-refractivity contribution is 5.96. The number of rotatable bonds is 4. The largest absolute Gasteiger partial charge is 0.338 e. The highest BCUT2D eigenvalue weighted by Crippen LogP contribution is 2.16. The number of benzene rings is 1. The summed E-state index contributed by atoms with van der Waals surface area (Å²) in [5.74, 6) is 0.0713. The number of amides is 2. The van der Waals surface area contributed by atoms with Crippen LogP contribution in [0.15, 0.2) is 24.3 Å². The molecule has 1 atom stereocenters. The minimum absolute atomic E-state index is 0.0427. The lowest BCUT2D eigenvalue weighted by molar-refractivity contribution is 0.0982. The minimum atomic E-state index is -0.0427. The Balaban J connectivity index is 1.77. The van der Waals surface area contributed by atoms with Crippen LogP contribution in [-0.4, -0.2) is 35.8 Å². The number of carbonyl (C=O) groups is 2. The smallest absolute Gasteiger partial charge is 0.317 e. The third-order valence-corrected chi connectivity index (χ3v) is 4.07. The Labute approximate surface area is 126 Å². The third-order valence-electron chi connectivity index (χ3n) is 4.07. The van der Waals surface area contributed by atoms with E-state index in [0.29, 0.717) is 24.6 Å². The molecule has 0 saturated carbocycles. The van der Waals surface area contributed by atoms with E-state index in [0.717, 1.165) is 24.9 Å². The molecule has 1 heterocycles. The Kier molecular flexibility index (Phi) is 5.37. The molecule has 1 N–H and O–H groups in total. The van der Waals surface area contributed by atoms with Gasteiger partial charge in [-0.2, -0.15) is 0 Å². The van der Waals surface area contributed by atoms with Gasteiger partial charge in [-0.3, -0.25) is 4.79 Å². The molecule has 1 aromatic carbocycles. The Morgan fingerprint density at radius 2 is 1.95 bits per heavy atom. The second kappa shape index (κ2) is 7.25. The zero-order valence-electron chi connectivity index (χ0n) is 12.9. The van der Waals surface area contributed by atoms with Crippen LogP contribution in [0.3, 0.4) is 0 Å². The molecular weight excluding hydrogens is 264 g/mol. The van der Waals surface area contributed by atoms with Crippen LogP contribution in [0, 0.1) is 6.92 Å². The summed E-state index contributed by atoms with van der Waals surface area (Å²) in [5, 5.41) is 2.86. The number of urea groups is 1. The number of piperidine rings is 1. The lowest BCUT2D eigenvalue weighted by Crippen LogP contribution is -2.47. The van der Waals surface area contributed by atoms with Crippen molar-refractivity contribution in [3.05, 3.63) is 35.4 Å². The van der Waals surface area contributed by atoms with E-state index in [1.54, 1.807) is 0 Å². The van der Waals surface area contributed by atoms with Gasteiger partial charge in [-0.25, -0.2) is 4.79 Å². The molecule has 1 fully saturated rings. The van der Waals surface area contributed by atoms with Gasteiger partial charge in [-0.15, -0.1) is 0 Å². The first kappa shape index (κ1) is 15.5. The molecule has 4 nitrogen and oxygen atoms in total. The highest BCUT2D eigenvalue weighted by atomic mass is 16.2. The highest BCUT2D eigenvalue weighted by Gasteiger charge is 2.22. The van der Waals surface area contributed by atoms with Crippen LogP contribution in [-0.2, 0) is 0 Å². The fraction of sp³-hybridized carbons (Fsp3) is 0.529. The summed E-state index contributed by atoms with van der Waals surface area (Å²) in [7, 11) is 0. The topological polar surface area (TPSA) is 49.4 Å². The normalized spacial score (nSPS) is 18.4. The van der Waals surface area contributed by atoms with Crippen molar-refractivity contribution in [1.29, 1.82) is 0 Å². The molecule has 0 bridgehead atoms. The molecule has 2 rings (SSSR count). The van der Waals surface area contributed by atoms with Gasteiger partial charge < -0.3 is 10.2 Å². The summed E-state index contributed by atoms with van der Waals surface area (Å²) in [6.45, 7) is 5.29. The van der Waals surface area contributed by atoms with Crippen molar-refractivity contribution in [1.82, 2.24) is 10.2 Å². The molecule has 1 unspecified atom stereocenters. The minimum Gasteiger partial charge on any atom is -0.338 e. The summed E-state index contributed by atoms with van der Waals surface area (Å²) >= 11 is 0. The number of carbonyl (C=O) groups excluding carboxylic acids is 2. The van der Waals surface area contributed by atoms with Gasteiger partial charge in [0.2, 0.25) is 0 Å². The average Bonchev–Trinajstić information content (AvgIpc) is 2.48. The first-order valence-corrected chi connectivity index (χ1v) is 7.72. The molecule has 2 amide bonds. The molecule has 1 aliphatic rings. The van der Waals surface area contributed by atoms with E-state index in [2.05, 4.69) is 12.2 Å². The Morgan fingerprint density at radius 3 is 2.62 bits per heavy atom. The lowest BCUT2D eigenvalue weighted by Gasteiger charge is -2.33. The third kappa shape index (κ3) is 4.31. The van der Waals surface area contributed by atoms with Crippen LogP contribution in [0.25, 0.3) is 0 Å². The average molecular weight is 288 g/mol.